The van der Waals surface area contributed by atoms with Crippen molar-refractivity contribution in [2.75, 3.05) is 34.0 Å². The molecule has 1 aromatic carbocycles. The highest BCUT2D eigenvalue weighted by Crippen LogP contribution is 2.38. The van der Waals surface area contributed by atoms with E-state index >= 15 is 0 Å². The molecule has 0 saturated heterocycles. The highest BCUT2D eigenvalue weighted by Gasteiger charge is 2.17. The third-order valence-corrected chi connectivity index (χ3v) is 2.59. The van der Waals surface area contributed by atoms with E-state index in [0.29, 0.717) is 37.1 Å². The summed E-state index contributed by atoms with van der Waals surface area (Å²) in [6.45, 7) is 3.63. The minimum absolute atomic E-state index is 0.0837. The van der Waals surface area contributed by atoms with Gasteiger partial charge in [0.25, 0.3) is 0 Å². The number of methoxy groups -OCH3 is 2. The zero-order chi connectivity index (χ0) is 15.0. The van der Waals surface area contributed by atoms with Crippen molar-refractivity contribution in [1.82, 2.24) is 0 Å². The van der Waals surface area contributed by atoms with E-state index in [9.17, 15) is 4.79 Å². The Morgan fingerprint density at radius 2 is 1.75 bits per heavy atom. The first-order valence-electron chi connectivity index (χ1n) is 6.33. The second kappa shape index (κ2) is 8.27. The largest absolute Gasteiger partial charge is 0.493 e. The second-order valence-electron chi connectivity index (χ2n) is 3.91. The molecular weight excluding hydrogens is 264 g/mol. The Morgan fingerprint density at radius 3 is 2.20 bits per heavy atom. The molecule has 0 fully saturated rings. The van der Waals surface area contributed by atoms with Crippen LogP contribution in [0.25, 0.3) is 0 Å². The first-order valence-corrected chi connectivity index (χ1v) is 6.33. The van der Waals surface area contributed by atoms with Crippen LogP contribution in [-0.4, -0.2) is 45.1 Å². The Hall–Kier alpha value is -1.95. The smallest absolute Gasteiger partial charge is 0.335 e. The maximum Gasteiger partial charge on any atom is 0.335 e. The van der Waals surface area contributed by atoms with Crippen LogP contribution < -0.4 is 14.2 Å². The number of ether oxygens (including phenoxy) is 4. The fourth-order valence-electron chi connectivity index (χ4n) is 1.63. The Bertz CT molecular complexity index is 418. The molecule has 0 aliphatic heterocycles. The van der Waals surface area contributed by atoms with Gasteiger partial charge in [-0.15, -0.1) is 0 Å². The van der Waals surface area contributed by atoms with Crippen LogP contribution in [0.1, 0.15) is 23.7 Å². The lowest BCUT2D eigenvalue weighted by Gasteiger charge is -2.15. The monoisotopic (exact) mass is 284 g/mol. The van der Waals surface area contributed by atoms with Gasteiger partial charge in [0.1, 0.15) is 0 Å². The third kappa shape index (κ3) is 4.31. The normalized spacial score (nSPS) is 10.2. The number of aromatic carboxylic acids is 1. The molecule has 6 nitrogen and oxygen atoms in total. The molecule has 0 radical (unpaired) electrons. The van der Waals surface area contributed by atoms with Crippen molar-refractivity contribution in [2.24, 2.45) is 0 Å². The van der Waals surface area contributed by atoms with Gasteiger partial charge in [-0.2, -0.15) is 0 Å². The molecule has 1 N–H and O–H groups in total. The maximum absolute atomic E-state index is 11.0. The van der Waals surface area contributed by atoms with E-state index in [0.717, 1.165) is 6.42 Å². The molecule has 0 aromatic heterocycles. The van der Waals surface area contributed by atoms with Crippen molar-refractivity contribution in [3.05, 3.63) is 17.7 Å². The first kappa shape index (κ1) is 16.1. The van der Waals surface area contributed by atoms with Crippen LogP contribution in [0.5, 0.6) is 17.2 Å². The van der Waals surface area contributed by atoms with Gasteiger partial charge in [0.15, 0.2) is 11.5 Å². The van der Waals surface area contributed by atoms with Crippen molar-refractivity contribution in [3.63, 3.8) is 0 Å². The van der Waals surface area contributed by atoms with Gasteiger partial charge in [0, 0.05) is 19.6 Å². The lowest BCUT2D eigenvalue weighted by atomic mass is 10.2. The van der Waals surface area contributed by atoms with Gasteiger partial charge in [0.05, 0.1) is 26.4 Å². The summed E-state index contributed by atoms with van der Waals surface area (Å²) in [4.78, 5) is 11.0. The van der Waals surface area contributed by atoms with E-state index in [-0.39, 0.29) is 5.56 Å². The van der Waals surface area contributed by atoms with E-state index in [2.05, 4.69) is 0 Å². The molecule has 112 valence electrons. The summed E-state index contributed by atoms with van der Waals surface area (Å²) in [6, 6.07) is 2.81. The number of benzene rings is 1. The highest BCUT2D eigenvalue weighted by atomic mass is 16.5. The van der Waals surface area contributed by atoms with Crippen molar-refractivity contribution >= 4 is 5.97 Å². The summed E-state index contributed by atoms with van der Waals surface area (Å²) in [7, 11) is 2.90. The average molecular weight is 284 g/mol. The molecule has 0 aliphatic carbocycles. The number of rotatable bonds is 9. The van der Waals surface area contributed by atoms with Crippen molar-refractivity contribution in [1.29, 1.82) is 0 Å². The second-order valence-corrected chi connectivity index (χ2v) is 3.91. The molecular formula is C14H20O6. The molecule has 0 heterocycles. The zero-order valence-electron chi connectivity index (χ0n) is 12.0. The van der Waals surface area contributed by atoms with Crippen molar-refractivity contribution < 1.29 is 28.8 Å². The lowest BCUT2D eigenvalue weighted by molar-refractivity contribution is 0.0696. The number of carbonyl (C=O) groups is 1. The van der Waals surface area contributed by atoms with Crippen LogP contribution in [0.3, 0.4) is 0 Å². The quantitative estimate of drug-likeness (QED) is 0.701. The summed E-state index contributed by atoms with van der Waals surface area (Å²) in [5, 5.41) is 9.02. The lowest BCUT2D eigenvalue weighted by Crippen LogP contribution is -2.06. The number of carboxylic acid groups (broad SMARTS) is 1. The molecule has 0 atom stereocenters. The Morgan fingerprint density at radius 1 is 1.15 bits per heavy atom. The summed E-state index contributed by atoms with van der Waals surface area (Å²) >= 11 is 0. The zero-order valence-corrected chi connectivity index (χ0v) is 12.0. The Balaban J connectivity index is 2.84. The van der Waals surface area contributed by atoms with E-state index in [1.165, 1.54) is 26.4 Å². The number of hydrogen-bond acceptors (Lipinski definition) is 5. The summed E-state index contributed by atoms with van der Waals surface area (Å²) in [5.74, 6) is 0.0114. The van der Waals surface area contributed by atoms with Crippen LogP contribution in [0.4, 0.5) is 0 Å². The van der Waals surface area contributed by atoms with E-state index in [4.69, 9.17) is 24.1 Å². The molecule has 1 rings (SSSR count). The first-order chi connectivity index (χ1) is 9.63. The van der Waals surface area contributed by atoms with E-state index < -0.39 is 5.97 Å². The summed E-state index contributed by atoms with van der Waals surface area (Å²) in [6.07, 6.45) is 0.723. The number of hydrogen-bond donors (Lipinski definition) is 1. The predicted octanol–water partition coefficient (Wildman–Crippen LogP) is 2.21. The Labute approximate surface area is 118 Å². The summed E-state index contributed by atoms with van der Waals surface area (Å²) < 4.78 is 21.1. The minimum atomic E-state index is -1.05. The standard InChI is InChI=1S/C14H20O6/c1-4-19-6-5-7-20-13-11(17-2)8-10(14(15)16)9-12(13)18-3/h8-9H,4-7H2,1-3H3,(H,15,16). The minimum Gasteiger partial charge on any atom is -0.493 e. The molecule has 0 aliphatic rings. The molecule has 0 amide bonds. The average Bonchev–Trinajstić information content (AvgIpc) is 2.46. The SMILES string of the molecule is CCOCCCOc1c(OC)cc(C(=O)O)cc1OC. The summed E-state index contributed by atoms with van der Waals surface area (Å²) in [5.41, 5.74) is 0.0837. The van der Waals surface area contributed by atoms with Crippen molar-refractivity contribution in [3.8, 4) is 17.2 Å². The highest BCUT2D eigenvalue weighted by molar-refractivity contribution is 5.89. The van der Waals surface area contributed by atoms with Crippen LogP contribution >= 0.6 is 0 Å². The van der Waals surface area contributed by atoms with Crippen LogP contribution in [0.2, 0.25) is 0 Å². The molecule has 1 aromatic rings. The van der Waals surface area contributed by atoms with Crippen LogP contribution in [-0.2, 0) is 4.74 Å². The third-order valence-electron chi connectivity index (χ3n) is 2.59. The van der Waals surface area contributed by atoms with Gasteiger partial charge in [-0.3, -0.25) is 0 Å². The van der Waals surface area contributed by atoms with E-state index in [1.54, 1.807) is 0 Å². The van der Waals surface area contributed by atoms with Gasteiger partial charge in [0.2, 0.25) is 5.75 Å². The maximum atomic E-state index is 11.0. The van der Waals surface area contributed by atoms with Gasteiger partial charge in [-0.25, -0.2) is 4.79 Å². The molecule has 0 spiro atoms. The number of carboxylic acids is 1. The van der Waals surface area contributed by atoms with Gasteiger partial charge in [-0.05, 0) is 19.1 Å². The molecule has 0 bridgehead atoms. The van der Waals surface area contributed by atoms with Crippen LogP contribution in [0.15, 0.2) is 12.1 Å². The fraction of sp³-hybridized carbons (Fsp3) is 0.500. The molecule has 6 heteroatoms. The molecule has 20 heavy (non-hydrogen) atoms. The topological polar surface area (TPSA) is 74.2 Å². The van der Waals surface area contributed by atoms with Gasteiger partial charge < -0.3 is 24.1 Å². The fourth-order valence-corrected chi connectivity index (χ4v) is 1.63. The van der Waals surface area contributed by atoms with Gasteiger partial charge in [-0.1, -0.05) is 0 Å². The van der Waals surface area contributed by atoms with Gasteiger partial charge >= 0.3 is 5.97 Å². The molecule has 0 saturated carbocycles. The van der Waals surface area contributed by atoms with Crippen LogP contribution in [0, 0.1) is 0 Å². The Kier molecular flexibility index (Phi) is 6.66. The predicted molar refractivity (Wildman–Crippen MR) is 73.1 cm³/mol. The molecule has 0 unspecified atom stereocenters. The van der Waals surface area contributed by atoms with Crippen molar-refractivity contribution in [2.45, 2.75) is 13.3 Å². The van der Waals surface area contributed by atoms with E-state index in [1.807, 2.05) is 6.92 Å².